The molecule has 2 saturated carbocycles. The van der Waals surface area contributed by atoms with Gasteiger partial charge in [0.15, 0.2) is 0 Å². The zero-order valence-corrected chi connectivity index (χ0v) is 20.9. The van der Waals surface area contributed by atoms with Crippen LogP contribution in [0.25, 0.3) is 22.2 Å². The highest BCUT2D eigenvalue weighted by Crippen LogP contribution is 2.37. The number of piperazine rings is 1. The van der Waals surface area contributed by atoms with E-state index in [1.54, 1.807) is 0 Å². The summed E-state index contributed by atoms with van der Waals surface area (Å²) in [5.74, 6) is 0.736. The Kier molecular flexibility index (Phi) is 6.48. The topological polar surface area (TPSA) is 69.5 Å². The second-order valence-electron chi connectivity index (χ2n) is 10.7. The van der Waals surface area contributed by atoms with E-state index >= 15 is 0 Å². The predicted molar refractivity (Wildman–Crippen MR) is 141 cm³/mol. The molecule has 0 spiro atoms. The molecule has 35 heavy (non-hydrogen) atoms. The Morgan fingerprint density at radius 2 is 1.66 bits per heavy atom. The van der Waals surface area contributed by atoms with Gasteiger partial charge in [-0.05, 0) is 56.2 Å². The van der Waals surface area contributed by atoms with E-state index in [9.17, 15) is 5.11 Å². The fourth-order valence-electron chi connectivity index (χ4n) is 5.67. The van der Waals surface area contributed by atoms with Crippen LogP contribution in [0.3, 0.4) is 0 Å². The number of fused-ring (bicyclic) bond motifs is 1. The van der Waals surface area contributed by atoms with Crippen LogP contribution in [-0.4, -0.2) is 74.3 Å². The van der Waals surface area contributed by atoms with E-state index in [1.807, 2.05) is 6.20 Å². The average molecular weight is 475 g/mol. The third-order valence-electron chi connectivity index (χ3n) is 8.13. The fourth-order valence-corrected chi connectivity index (χ4v) is 5.67. The zero-order chi connectivity index (χ0) is 23.8. The Hall–Kier alpha value is -2.48. The van der Waals surface area contributed by atoms with E-state index < -0.39 is 0 Å². The second-order valence-corrected chi connectivity index (χ2v) is 10.7. The largest absolute Gasteiger partial charge is 0.393 e. The number of hydrogen-bond donors (Lipinski definition) is 2. The van der Waals surface area contributed by atoms with Gasteiger partial charge in [0.25, 0.3) is 0 Å². The number of hydrogen-bond acceptors (Lipinski definition) is 6. The van der Waals surface area contributed by atoms with Crippen LogP contribution in [-0.2, 0) is 6.54 Å². The third-order valence-corrected chi connectivity index (χ3v) is 8.13. The van der Waals surface area contributed by atoms with Crippen molar-refractivity contribution in [3.8, 4) is 11.1 Å². The van der Waals surface area contributed by atoms with Crippen molar-refractivity contribution < 1.29 is 5.11 Å². The Balaban J connectivity index is 1.26. The highest BCUT2D eigenvalue weighted by Gasteiger charge is 2.26. The van der Waals surface area contributed by atoms with Gasteiger partial charge in [0.2, 0.25) is 5.95 Å². The fraction of sp³-hybridized carbons (Fsp3) is 0.571. The number of aromatic nitrogens is 3. The summed E-state index contributed by atoms with van der Waals surface area (Å²) in [6.45, 7) is 9.05. The van der Waals surface area contributed by atoms with Crippen LogP contribution in [0.2, 0.25) is 0 Å². The maximum absolute atomic E-state index is 10.0. The van der Waals surface area contributed by atoms with Crippen LogP contribution in [0.15, 0.2) is 36.7 Å². The normalized spacial score (nSPS) is 24.2. The van der Waals surface area contributed by atoms with E-state index in [2.05, 4.69) is 62.1 Å². The van der Waals surface area contributed by atoms with Crippen molar-refractivity contribution in [2.75, 3.05) is 38.0 Å². The van der Waals surface area contributed by atoms with Crippen LogP contribution in [0.5, 0.6) is 0 Å². The maximum Gasteiger partial charge on any atom is 0.224 e. The molecule has 0 bridgehead atoms. The molecule has 1 aliphatic heterocycles. The second kappa shape index (κ2) is 9.88. The van der Waals surface area contributed by atoms with Gasteiger partial charge < -0.3 is 19.9 Å². The number of aliphatic hydroxyl groups excluding tert-OH is 1. The van der Waals surface area contributed by atoms with Gasteiger partial charge in [-0.1, -0.05) is 31.2 Å². The Labute approximate surface area is 208 Å². The standard InChI is InChI=1S/C28H38N6O/c1-2-32-13-15-33(16-14-32)18-20-3-5-21(6-4-20)26-19-34(23-9-11-24(35)12-10-23)27-25(26)17-29-28(31-27)30-22-7-8-22/h3-6,17,19,22-24,35H,2,7-16,18H2,1H3,(H,29,30,31). The summed E-state index contributed by atoms with van der Waals surface area (Å²) in [7, 11) is 0. The van der Waals surface area contributed by atoms with E-state index in [-0.39, 0.29) is 6.10 Å². The smallest absolute Gasteiger partial charge is 0.224 e. The van der Waals surface area contributed by atoms with Gasteiger partial charge in [0.05, 0.1) is 6.10 Å². The monoisotopic (exact) mass is 474 g/mol. The van der Waals surface area contributed by atoms with Crippen molar-refractivity contribution in [1.29, 1.82) is 0 Å². The van der Waals surface area contributed by atoms with Crippen molar-refractivity contribution in [3.63, 3.8) is 0 Å². The number of likely N-dealkylation sites (N-methyl/N-ethyl adjacent to an activating group) is 1. The highest BCUT2D eigenvalue weighted by molar-refractivity contribution is 5.94. The van der Waals surface area contributed by atoms with E-state index in [0.717, 1.165) is 68.8 Å². The van der Waals surface area contributed by atoms with Gasteiger partial charge in [0, 0.05) is 68.2 Å². The first-order valence-electron chi connectivity index (χ1n) is 13.5. The van der Waals surface area contributed by atoms with Crippen LogP contribution in [0.4, 0.5) is 5.95 Å². The number of anilines is 1. The van der Waals surface area contributed by atoms with Crippen LogP contribution < -0.4 is 5.32 Å². The lowest BCUT2D eigenvalue weighted by Gasteiger charge is -2.34. The molecule has 2 N–H and O–H groups in total. The first kappa shape index (κ1) is 23.0. The van der Waals surface area contributed by atoms with Gasteiger partial charge in [-0.15, -0.1) is 0 Å². The molecule has 2 aromatic heterocycles. The molecular weight excluding hydrogens is 436 g/mol. The minimum absolute atomic E-state index is 0.160. The molecule has 186 valence electrons. The molecule has 3 aromatic rings. The Bertz CT molecular complexity index is 1140. The lowest BCUT2D eigenvalue weighted by molar-refractivity contribution is 0.111. The summed E-state index contributed by atoms with van der Waals surface area (Å²) in [6, 6.07) is 9.99. The molecule has 1 aromatic carbocycles. The number of benzene rings is 1. The summed E-state index contributed by atoms with van der Waals surface area (Å²) in [4.78, 5) is 14.7. The zero-order valence-electron chi connectivity index (χ0n) is 20.9. The first-order valence-corrected chi connectivity index (χ1v) is 13.5. The summed E-state index contributed by atoms with van der Waals surface area (Å²) < 4.78 is 2.36. The van der Waals surface area contributed by atoms with Gasteiger partial charge in [0.1, 0.15) is 5.65 Å². The number of aliphatic hydroxyl groups is 1. The summed E-state index contributed by atoms with van der Waals surface area (Å²) in [5.41, 5.74) is 4.80. The Morgan fingerprint density at radius 1 is 0.943 bits per heavy atom. The van der Waals surface area contributed by atoms with E-state index in [4.69, 9.17) is 4.98 Å². The van der Waals surface area contributed by atoms with Crippen molar-refractivity contribution in [2.45, 2.75) is 70.2 Å². The van der Waals surface area contributed by atoms with Crippen LogP contribution in [0, 0.1) is 0 Å². The molecule has 3 aliphatic rings. The van der Waals surface area contributed by atoms with Crippen LogP contribution >= 0.6 is 0 Å². The number of nitrogens with zero attached hydrogens (tertiary/aromatic N) is 5. The molecular formula is C28H38N6O. The molecule has 0 amide bonds. The molecule has 2 aliphatic carbocycles. The lowest BCUT2D eigenvalue weighted by atomic mass is 9.93. The van der Waals surface area contributed by atoms with Crippen molar-refractivity contribution in [1.82, 2.24) is 24.3 Å². The van der Waals surface area contributed by atoms with Gasteiger partial charge in [-0.25, -0.2) is 4.98 Å². The minimum Gasteiger partial charge on any atom is -0.393 e. The molecule has 1 saturated heterocycles. The van der Waals surface area contributed by atoms with Crippen molar-refractivity contribution >= 4 is 17.0 Å². The quantitative estimate of drug-likeness (QED) is 0.533. The molecule has 7 nitrogen and oxygen atoms in total. The predicted octanol–water partition coefficient (Wildman–Crippen LogP) is 4.29. The summed E-state index contributed by atoms with van der Waals surface area (Å²) in [6.07, 6.45) is 10.2. The molecule has 0 atom stereocenters. The highest BCUT2D eigenvalue weighted by atomic mass is 16.3. The summed E-state index contributed by atoms with van der Waals surface area (Å²) >= 11 is 0. The lowest BCUT2D eigenvalue weighted by Crippen LogP contribution is -2.45. The van der Waals surface area contributed by atoms with Crippen molar-refractivity contribution in [3.05, 3.63) is 42.2 Å². The van der Waals surface area contributed by atoms with Gasteiger partial charge >= 0.3 is 0 Å². The summed E-state index contributed by atoms with van der Waals surface area (Å²) in [5, 5.41) is 14.6. The third kappa shape index (κ3) is 5.08. The van der Waals surface area contributed by atoms with Crippen molar-refractivity contribution in [2.24, 2.45) is 0 Å². The molecule has 7 heteroatoms. The van der Waals surface area contributed by atoms with E-state index in [0.29, 0.717) is 12.1 Å². The molecule has 0 radical (unpaired) electrons. The number of nitrogens with one attached hydrogen (secondary N) is 1. The van der Waals surface area contributed by atoms with E-state index in [1.165, 1.54) is 42.6 Å². The SMILES string of the molecule is CCN1CCN(Cc2ccc(-c3cn(C4CCC(O)CC4)c4nc(NC5CC5)ncc34)cc2)CC1. The Morgan fingerprint density at radius 3 is 2.34 bits per heavy atom. The number of rotatable bonds is 7. The minimum atomic E-state index is -0.160. The molecule has 3 fully saturated rings. The molecule has 6 rings (SSSR count). The molecule has 0 unspecified atom stereocenters. The van der Waals surface area contributed by atoms with Crippen LogP contribution in [0.1, 0.15) is 57.1 Å². The maximum atomic E-state index is 10.0. The molecule has 3 heterocycles. The average Bonchev–Trinajstić information content (AvgIpc) is 3.63. The first-order chi connectivity index (χ1) is 17.2. The van der Waals surface area contributed by atoms with Gasteiger partial charge in [-0.2, -0.15) is 4.98 Å². The van der Waals surface area contributed by atoms with Gasteiger partial charge in [-0.3, -0.25) is 4.90 Å².